The van der Waals surface area contributed by atoms with Gasteiger partial charge in [0, 0.05) is 24.2 Å². The van der Waals surface area contributed by atoms with Gasteiger partial charge in [0.05, 0.1) is 6.61 Å². The van der Waals surface area contributed by atoms with Crippen molar-refractivity contribution in [3.8, 4) is 0 Å². The maximum absolute atomic E-state index is 10.3. The molecular weight excluding hydrogens is 288 g/mol. The maximum Gasteiger partial charge on any atom is 0.505 e. The minimum atomic E-state index is -1.20. The van der Waals surface area contributed by atoms with Crippen molar-refractivity contribution in [1.82, 2.24) is 0 Å². The molecule has 0 amide bonds. The van der Waals surface area contributed by atoms with Crippen molar-refractivity contribution in [2.45, 2.75) is 69.6 Å². The molecule has 0 radical (unpaired) electrons. The second-order valence-corrected chi connectivity index (χ2v) is 25.6. The summed E-state index contributed by atoms with van der Waals surface area (Å²) in [5.41, 5.74) is 2.96. The number of rotatable bonds is 8. The fourth-order valence-electron chi connectivity index (χ4n) is 3.59. The van der Waals surface area contributed by atoms with E-state index in [0.29, 0.717) is 6.61 Å². The van der Waals surface area contributed by atoms with Crippen molar-refractivity contribution in [3.63, 3.8) is 0 Å². The van der Waals surface area contributed by atoms with Crippen LogP contribution in [-0.4, -0.2) is 42.1 Å². The molecule has 19 heavy (non-hydrogen) atoms. The van der Waals surface area contributed by atoms with Crippen molar-refractivity contribution in [3.05, 3.63) is 0 Å². The predicted octanol–water partition coefficient (Wildman–Crippen LogP) is 4.90. The lowest BCUT2D eigenvalue weighted by Gasteiger charge is -2.36. The molecule has 0 aromatic carbocycles. The average molecular weight is 321 g/mol. The van der Waals surface area contributed by atoms with Gasteiger partial charge in [0.15, 0.2) is 0 Å². The molecule has 0 aromatic heterocycles. The van der Waals surface area contributed by atoms with Crippen LogP contribution in [0.3, 0.4) is 0 Å². The van der Waals surface area contributed by atoms with Gasteiger partial charge in [-0.05, 0) is 6.42 Å². The van der Waals surface area contributed by atoms with E-state index in [-0.39, 0.29) is 0 Å². The van der Waals surface area contributed by atoms with Gasteiger partial charge in [-0.15, -0.1) is 0 Å². The number of hydrogen-bond donors (Lipinski definition) is 1. The van der Waals surface area contributed by atoms with E-state index < -0.39 is 30.4 Å². The number of carboxylic acid groups (broad SMARTS) is 1. The Morgan fingerprint density at radius 2 is 1.47 bits per heavy atom. The Bertz CT molecular complexity index is 296. The van der Waals surface area contributed by atoms with Crippen molar-refractivity contribution in [1.29, 1.82) is 0 Å². The summed E-state index contributed by atoms with van der Waals surface area (Å²) in [6.45, 7) is 17.7. The third-order valence-corrected chi connectivity index (χ3v) is 20.6. The lowest BCUT2D eigenvalue weighted by atomic mass is 10.5. The van der Waals surface area contributed by atoms with Crippen molar-refractivity contribution in [2.24, 2.45) is 0 Å². The summed E-state index contributed by atoms with van der Waals surface area (Å²) >= 11 is 0. The smallest absolute Gasteiger partial charge is 0.450 e. The minimum Gasteiger partial charge on any atom is -0.450 e. The molecule has 0 bridgehead atoms. The van der Waals surface area contributed by atoms with Crippen LogP contribution in [0, 0.1) is 0 Å². The first-order chi connectivity index (χ1) is 8.33. The first-order valence-corrected chi connectivity index (χ1v) is 17.7. The molecule has 0 spiro atoms. The molecule has 0 saturated heterocycles. The summed E-state index contributed by atoms with van der Waals surface area (Å²) in [6, 6.07) is 1.18. The molecule has 0 fully saturated rings. The first kappa shape index (κ1) is 18.9. The topological polar surface area (TPSA) is 46.5 Å². The molecule has 0 rings (SSSR count). The van der Waals surface area contributed by atoms with Crippen molar-refractivity contribution >= 4 is 30.4 Å². The molecule has 0 aliphatic rings. The van der Waals surface area contributed by atoms with Crippen LogP contribution in [0.15, 0.2) is 0 Å². The number of hydrogen-bond acceptors (Lipinski definition) is 2. The standard InChI is InChI=1S/C13H32O3Si3/c1-17(2,3)11-19(6,7)12-18(4,5)10-8-9-16-13(14)15/h8-12H2,1-7H3,(H,14,15). The predicted molar refractivity (Wildman–Crippen MR) is 91.3 cm³/mol. The summed E-state index contributed by atoms with van der Waals surface area (Å²) in [6.07, 6.45) is -0.254. The third-order valence-electron chi connectivity index (χ3n) is 3.19. The molecule has 0 saturated carbocycles. The van der Waals surface area contributed by atoms with E-state index in [9.17, 15) is 4.79 Å². The van der Waals surface area contributed by atoms with E-state index in [1.807, 2.05) is 0 Å². The zero-order valence-electron chi connectivity index (χ0n) is 13.8. The van der Waals surface area contributed by atoms with Gasteiger partial charge in [0.1, 0.15) is 0 Å². The van der Waals surface area contributed by atoms with Crippen LogP contribution in [0.4, 0.5) is 4.79 Å². The van der Waals surface area contributed by atoms with E-state index in [4.69, 9.17) is 5.11 Å². The highest BCUT2D eigenvalue weighted by atomic mass is 28.4. The van der Waals surface area contributed by atoms with Crippen molar-refractivity contribution in [2.75, 3.05) is 6.61 Å². The van der Waals surface area contributed by atoms with Gasteiger partial charge in [-0.2, -0.15) is 0 Å². The molecule has 0 aliphatic heterocycles. The van der Waals surface area contributed by atoms with Gasteiger partial charge in [0.2, 0.25) is 0 Å². The molecule has 114 valence electrons. The molecule has 0 aromatic rings. The normalized spacial score (nSPS) is 13.4. The Labute approximate surface area is 121 Å². The zero-order chi connectivity index (χ0) is 15.3. The van der Waals surface area contributed by atoms with Crippen LogP contribution in [-0.2, 0) is 4.74 Å². The van der Waals surface area contributed by atoms with Gasteiger partial charge in [0.25, 0.3) is 0 Å². The highest BCUT2D eigenvalue weighted by Crippen LogP contribution is 2.30. The summed E-state index contributed by atoms with van der Waals surface area (Å²) in [4.78, 5) is 10.3. The van der Waals surface area contributed by atoms with Crippen LogP contribution < -0.4 is 0 Å². The molecule has 0 aliphatic carbocycles. The highest BCUT2D eigenvalue weighted by Gasteiger charge is 2.34. The summed E-state index contributed by atoms with van der Waals surface area (Å²) in [7, 11) is -3.25. The van der Waals surface area contributed by atoms with E-state index in [1.54, 1.807) is 0 Å². The van der Waals surface area contributed by atoms with Gasteiger partial charge in [-0.1, -0.05) is 63.2 Å². The average Bonchev–Trinajstić information content (AvgIpc) is 2.05. The van der Waals surface area contributed by atoms with Crippen LogP contribution in [0.25, 0.3) is 0 Å². The quantitative estimate of drug-likeness (QED) is 0.393. The Hall–Kier alpha value is -0.0794. The zero-order valence-corrected chi connectivity index (χ0v) is 16.8. The number of ether oxygens (including phenoxy) is 1. The maximum atomic E-state index is 10.3. The Morgan fingerprint density at radius 3 is 1.89 bits per heavy atom. The van der Waals surface area contributed by atoms with Crippen LogP contribution >= 0.6 is 0 Å². The Morgan fingerprint density at radius 1 is 0.947 bits per heavy atom. The van der Waals surface area contributed by atoms with E-state index >= 15 is 0 Å². The molecule has 3 nitrogen and oxygen atoms in total. The highest BCUT2D eigenvalue weighted by molar-refractivity contribution is 7.02. The summed E-state index contributed by atoms with van der Waals surface area (Å²) in [5.74, 6) is 0. The fourth-order valence-corrected chi connectivity index (χ4v) is 28.9. The monoisotopic (exact) mass is 320 g/mol. The summed E-state index contributed by atoms with van der Waals surface area (Å²) < 4.78 is 4.61. The fraction of sp³-hybridized carbons (Fsp3) is 0.923. The first-order valence-electron chi connectivity index (χ1n) is 7.19. The molecule has 0 heterocycles. The van der Waals surface area contributed by atoms with Crippen LogP contribution in [0.5, 0.6) is 0 Å². The minimum absolute atomic E-state index is 0.363. The lowest BCUT2D eigenvalue weighted by molar-refractivity contribution is 0.0917. The number of carbonyl (C=O) groups is 1. The largest absolute Gasteiger partial charge is 0.505 e. The van der Waals surface area contributed by atoms with E-state index in [0.717, 1.165) is 6.42 Å². The van der Waals surface area contributed by atoms with Crippen LogP contribution in [0.2, 0.25) is 63.2 Å². The Kier molecular flexibility index (Phi) is 7.05. The Balaban J connectivity index is 4.23. The van der Waals surface area contributed by atoms with Gasteiger partial charge in [-0.25, -0.2) is 4.79 Å². The van der Waals surface area contributed by atoms with Gasteiger partial charge in [-0.3, -0.25) is 0 Å². The second-order valence-electron chi connectivity index (χ2n) is 8.46. The summed E-state index contributed by atoms with van der Waals surface area (Å²) in [5, 5.41) is 8.46. The molecule has 0 atom stereocenters. The van der Waals surface area contributed by atoms with E-state index in [1.165, 1.54) is 17.4 Å². The SMILES string of the molecule is C[Si](C)(C)C[Si](C)(C)C[Si](C)(C)CCCOC(=O)O. The van der Waals surface area contributed by atoms with Gasteiger partial charge >= 0.3 is 6.16 Å². The third kappa shape index (κ3) is 11.4. The van der Waals surface area contributed by atoms with E-state index in [2.05, 4.69) is 50.6 Å². The lowest BCUT2D eigenvalue weighted by Crippen LogP contribution is -2.44. The molecular formula is C13H32O3Si3. The van der Waals surface area contributed by atoms with Gasteiger partial charge < -0.3 is 9.84 Å². The second kappa shape index (κ2) is 7.08. The van der Waals surface area contributed by atoms with Crippen molar-refractivity contribution < 1.29 is 14.6 Å². The molecule has 6 heteroatoms. The van der Waals surface area contributed by atoms with Crippen LogP contribution in [0.1, 0.15) is 6.42 Å². The molecule has 0 unspecified atom stereocenters. The molecule has 1 N–H and O–H groups in total.